The molecule has 4 rings (SSSR count). The van der Waals surface area contributed by atoms with E-state index < -0.39 is 5.97 Å². The van der Waals surface area contributed by atoms with Crippen molar-refractivity contribution in [3.8, 4) is 11.3 Å². The fourth-order valence-electron chi connectivity index (χ4n) is 3.48. The van der Waals surface area contributed by atoms with Crippen LogP contribution in [0.5, 0.6) is 0 Å². The SMILES string of the molecule is Cc1ccc2nc(-c3ccc(Cl)cc3)cc(C(=O)OCC(=O)c3ccc(C)c(C)c3)c2c1. The number of aryl methyl sites for hydroxylation is 3. The van der Waals surface area contributed by atoms with Gasteiger partial charge in [0.1, 0.15) is 0 Å². The van der Waals surface area contributed by atoms with E-state index in [0.29, 0.717) is 32.7 Å². The Hall–Kier alpha value is -3.50. The van der Waals surface area contributed by atoms with E-state index in [1.807, 2.05) is 63.2 Å². The van der Waals surface area contributed by atoms with Crippen LogP contribution < -0.4 is 0 Å². The van der Waals surface area contributed by atoms with Gasteiger partial charge in [-0.1, -0.05) is 47.5 Å². The molecule has 5 heteroatoms. The second-order valence-corrected chi connectivity index (χ2v) is 8.32. The number of rotatable bonds is 5. The Bertz CT molecular complexity index is 1340. The molecule has 0 aliphatic carbocycles. The lowest BCUT2D eigenvalue weighted by Crippen LogP contribution is -2.15. The molecule has 0 saturated heterocycles. The number of carbonyl (C=O) groups excluding carboxylic acids is 2. The van der Waals surface area contributed by atoms with Crippen LogP contribution in [0.2, 0.25) is 5.02 Å². The van der Waals surface area contributed by atoms with Gasteiger partial charge in [0.05, 0.1) is 16.8 Å². The van der Waals surface area contributed by atoms with Crippen LogP contribution in [0.15, 0.2) is 66.7 Å². The Kier molecular flexibility index (Phi) is 6.06. The van der Waals surface area contributed by atoms with Crippen LogP contribution in [-0.2, 0) is 4.74 Å². The van der Waals surface area contributed by atoms with Crippen molar-refractivity contribution in [3.05, 3.63) is 99.6 Å². The summed E-state index contributed by atoms with van der Waals surface area (Å²) in [4.78, 5) is 30.3. The Labute approximate surface area is 191 Å². The first-order valence-corrected chi connectivity index (χ1v) is 10.6. The first-order valence-electron chi connectivity index (χ1n) is 10.3. The van der Waals surface area contributed by atoms with E-state index in [-0.39, 0.29) is 12.4 Å². The van der Waals surface area contributed by atoms with Crippen molar-refractivity contribution in [1.82, 2.24) is 4.98 Å². The smallest absolute Gasteiger partial charge is 0.339 e. The topological polar surface area (TPSA) is 56.3 Å². The molecule has 0 aliphatic heterocycles. The largest absolute Gasteiger partial charge is 0.454 e. The van der Waals surface area contributed by atoms with Crippen LogP contribution in [-0.4, -0.2) is 23.3 Å². The summed E-state index contributed by atoms with van der Waals surface area (Å²) >= 11 is 6.01. The van der Waals surface area contributed by atoms with Crippen molar-refractivity contribution >= 4 is 34.3 Å². The lowest BCUT2D eigenvalue weighted by atomic mass is 10.0. The summed E-state index contributed by atoms with van der Waals surface area (Å²) in [5.41, 5.74) is 6.16. The Balaban J connectivity index is 1.66. The molecule has 4 aromatic rings. The number of carbonyl (C=O) groups is 2. The standard InChI is InChI=1S/C27H22ClNO3/c1-16-4-11-24-22(12-16)23(14-25(29-24)19-7-9-21(28)10-8-19)27(31)32-15-26(30)20-6-5-17(2)18(3)13-20/h4-14H,15H2,1-3H3. The van der Waals surface area contributed by atoms with Gasteiger partial charge >= 0.3 is 5.97 Å². The van der Waals surface area contributed by atoms with E-state index in [0.717, 1.165) is 22.3 Å². The Morgan fingerprint density at radius 2 is 1.62 bits per heavy atom. The molecule has 0 atom stereocenters. The third kappa shape index (κ3) is 4.56. The fraction of sp³-hybridized carbons (Fsp3) is 0.148. The molecular weight excluding hydrogens is 422 g/mol. The number of pyridine rings is 1. The number of fused-ring (bicyclic) bond motifs is 1. The highest BCUT2D eigenvalue weighted by Gasteiger charge is 2.18. The average molecular weight is 444 g/mol. The average Bonchev–Trinajstić information content (AvgIpc) is 2.79. The first kappa shape index (κ1) is 21.7. The molecule has 0 fully saturated rings. The molecular formula is C27H22ClNO3. The predicted molar refractivity (Wildman–Crippen MR) is 127 cm³/mol. The summed E-state index contributed by atoms with van der Waals surface area (Å²) in [6, 6.07) is 20.1. The number of halogens is 1. The second-order valence-electron chi connectivity index (χ2n) is 7.88. The van der Waals surface area contributed by atoms with Gasteiger partial charge in [-0.15, -0.1) is 0 Å². The van der Waals surface area contributed by atoms with Crippen LogP contribution in [0.4, 0.5) is 0 Å². The van der Waals surface area contributed by atoms with Gasteiger partial charge in [0.15, 0.2) is 12.4 Å². The van der Waals surface area contributed by atoms with Crippen LogP contribution >= 0.6 is 11.6 Å². The number of ketones is 1. The minimum Gasteiger partial charge on any atom is -0.454 e. The van der Waals surface area contributed by atoms with E-state index in [1.165, 1.54) is 0 Å². The lowest BCUT2D eigenvalue weighted by molar-refractivity contribution is 0.0476. The minimum absolute atomic E-state index is 0.242. The number of ether oxygens (including phenoxy) is 1. The highest BCUT2D eigenvalue weighted by atomic mass is 35.5. The quantitative estimate of drug-likeness (QED) is 0.260. The normalized spacial score (nSPS) is 10.9. The lowest BCUT2D eigenvalue weighted by Gasteiger charge is -2.11. The van der Waals surface area contributed by atoms with Gasteiger partial charge in [-0.25, -0.2) is 9.78 Å². The van der Waals surface area contributed by atoms with E-state index in [2.05, 4.69) is 0 Å². The summed E-state index contributed by atoms with van der Waals surface area (Å²) < 4.78 is 5.43. The molecule has 32 heavy (non-hydrogen) atoms. The van der Waals surface area contributed by atoms with Gasteiger partial charge < -0.3 is 4.74 Å². The molecule has 0 unspecified atom stereocenters. The third-order valence-corrected chi connectivity index (χ3v) is 5.74. The summed E-state index contributed by atoms with van der Waals surface area (Å²) in [5.74, 6) is -0.802. The molecule has 3 aromatic carbocycles. The van der Waals surface area contributed by atoms with Gasteiger partial charge in [-0.2, -0.15) is 0 Å². The van der Waals surface area contributed by atoms with Crippen molar-refractivity contribution < 1.29 is 14.3 Å². The molecule has 0 bridgehead atoms. The molecule has 0 N–H and O–H groups in total. The summed E-state index contributed by atoms with van der Waals surface area (Å²) in [5, 5.41) is 1.31. The predicted octanol–water partition coefficient (Wildman–Crippen LogP) is 6.52. The van der Waals surface area contributed by atoms with Gasteiger partial charge in [-0.3, -0.25) is 4.79 Å². The maximum absolute atomic E-state index is 13.0. The number of hydrogen-bond donors (Lipinski definition) is 0. The number of esters is 1. The number of hydrogen-bond acceptors (Lipinski definition) is 4. The summed E-state index contributed by atoms with van der Waals surface area (Å²) in [6.07, 6.45) is 0. The molecule has 0 radical (unpaired) electrons. The summed E-state index contributed by atoms with van der Waals surface area (Å²) in [7, 11) is 0. The molecule has 1 aromatic heterocycles. The highest BCUT2D eigenvalue weighted by Crippen LogP contribution is 2.27. The molecule has 0 amide bonds. The number of Topliss-reactive ketones (excluding diaryl/α,β-unsaturated/α-hetero) is 1. The fourth-order valence-corrected chi connectivity index (χ4v) is 3.61. The second kappa shape index (κ2) is 8.93. The monoisotopic (exact) mass is 443 g/mol. The van der Waals surface area contributed by atoms with E-state index in [4.69, 9.17) is 21.3 Å². The number of benzene rings is 3. The van der Waals surface area contributed by atoms with Gasteiger partial charge in [0.25, 0.3) is 0 Å². The molecule has 1 heterocycles. The zero-order chi connectivity index (χ0) is 22.8. The summed E-state index contributed by atoms with van der Waals surface area (Å²) in [6.45, 7) is 5.55. The van der Waals surface area contributed by atoms with E-state index in [1.54, 1.807) is 24.3 Å². The third-order valence-electron chi connectivity index (χ3n) is 5.49. The van der Waals surface area contributed by atoms with Crippen LogP contribution in [0.3, 0.4) is 0 Å². The van der Waals surface area contributed by atoms with Gasteiger partial charge in [0.2, 0.25) is 0 Å². The van der Waals surface area contributed by atoms with Crippen molar-refractivity contribution in [2.45, 2.75) is 20.8 Å². The molecule has 160 valence electrons. The first-order chi connectivity index (χ1) is 15.3. The zero-order valence-electron chi connectivity index (χ0n) is 18.1. The van der Waals surface area contributed by atoms with Crippen LogP contribution in [0, 0.1) is 20.8 Å². The zero-order valence-corrected chi connectivity index (χ0v) is 18.9. The maximum atomic E-state index is 13.0. The van der Waals surface area contributed by atoms with Crippen molar-refractivity contribution in [2.75, 3.05) is 6.61 Å². The minimum atomic E-state index is -0.560. The molecule has 0 spiro atoms. The van der Waals surface area contributed by atoms with Gasteiger partial charge in [-0.05, 0) is 68.3 Å². The maximum Gasteiger partial charge on any atom is 0.339 e. The number of nitrogens with zero attached hydrogens (tertiary/aromatic N) is 1. The Morgan fingerprint density at radius 3 is 2.34 bits per heavy atom. The highest BCUT2D eigenvalue weighted by molar-refractivity contribution is 6.30. The Morgan fingerprint density at radius 1 is 0.875 bits per heavy atom. The van der Waals surface area contributed by atoms with Crippen LogP contribution in [0.1, 0.15) is 37.4 Å². The molecule has 0 saturated carbocycles. The van der Waals surface area contributed by atoms with Crippen molar-refractivity contribution in [1.29, 1.82) is 0 Å². The van der Waals surface area contributed by atoms with E-state index in [9.17, 15) is 9.59 Å². The molecule has 4 nitrogen and oxygen atoms in total. The molecule has 0 aliphatic rings. The van der Waals surface area contributed by atoms with Crippen LogP contribution in [0.25, 0.3) is 22.2 Å². The van der Waals surface area contributed by atoms with Crippen molar-refractivity contribution in [3.63, 3.8) is 0 Å². The van der Waals surface area contributed by atoms with Crippen molar-refractivity contribution in [2.24, 2.45) is 0 Å². The number of aromatic nitrogens is 1. The van der Waals surface area contributed by atoms with E-state index >= 15 is 0 Å². The van der Waals surface area contributed by atoms with Gasteiger partial charge in [0, 0.05) is 21.5 Å².